The van der Waals surface area contributed by atoms with E-state index in [2.05, 4.69) is 40.2 Å². The number of fused-ring (bicyclic) bond motifs is 1. The molecule has 98 valence electrons. The van der Waals surface area contributed by atoms with Crippen molar-refractivity contribution in [2.45, 2.75) is 25.5 Å². The molecule has 0 unspecified atom stereocenters. The minimum absolute atomic E-state index is 0.204. The Kier molecular flexibility index (Phi) is 3.58. The molecule has 2 N–H and O–H groups in total. The second-order valence-corrected chi connectivity index (χ2v) is 5.84. The van der Waals surface area contributed by atoms with Crippen LogP contribution in [0.2, 0.25) is 0 Å². The van der Waals surface area contributed by atoms with Crippen LogP contribution in [0.15, 0.2) is 46.9 Å². The molecule has 0 bridgehead atoms. The summed E-state index contributed by atoms with van der Waals surface area (Å²) in [5.41, 5.74) is 9.81. The Labute approximate surface area is 121 Å². The quantitative estimate of drug-likeness (QED) is 0.929. The molecule has 0 heterocycles. The van der Waals surface area contributed by atoms with Crippen LogP contribution >= 0.6 is 15.9 Å². The molecule has 1 aliphatic carbocycles. The van der Waals surface area contributed by atoms with Crippen LogP contribution in [0.25, 0.3) is 0 Å². The number of nitrogens with two attached hydrogens (primary N) is 1. The Bertz CT molecular complexity index is 580. The molecular formula is C16H16BrNO. The first-order valence-electron chi connectivity index (χ1n) is 6.48. The minimum atomic E-state index is 0.204. The van der Waals surface area contributed by atoms with Gasteiger partial charge in [0.05, 0.1) is 0 Å². The summed E-state index contributed by atoms with van der Waals surface area (Å²) in [7, 11) is 0. The van der Waals surface area contributed by atoms with E-state index in [4.69, 9.17) is 10.5 Å². The molecule has 0 radical (unpaired) electrons. The molecule has 0 saturated carbocycles. The summed E-state index contributed by atoms with van der Waals surface area (Å²) in [6.45, 7) is 0.595. The third kappa shape index (κ3) is 2.82. The molecule has 0 aromatic heterocycles. The molecule has 0 aliphatic heterocycles. The first-order chi connectivity index (χ1) is 9.22. The van der Waals surface area contributed by atoms with Crippen LogP contribution in [0.5, 0.6) is 5.75 Å². The molecule has 2 nitrogen and oxygen atoms in total. The molecule has 3 rings (SSSR count). The zero-order valence-electron chi connectivity index (χ0n) is 10.6. The Morgan fingerprint density at radius 2 is 1.95 bits per heavy atom. The summed E-state index contributed by atoms with van der Waals surface area (Å²) in [6.07, 6.45) is 2.11. The van der Waals surface area contributed by atoms with Gasteiger partial charge in [-0.05, 0) is 53.8 Å². The number of aryl methyl sites for hydroxylation is 1. The van der Waals surface area contributed by atoms with Gasteiger partial charge in [-0.25, -0.2) is 0 Å². The highest BCUT2D eigenvalue weighted by Crippen LogP contribution is 2.32. The van der Waals surface area contributed by atoms with Crippen molar-refractivity contribution in [2.24, 2.45) is 5.73 Å². The lowest BCUT2D eigenvalue weighted by molar-refractivity contribution is 0.306. The van der Waals surface area contributed by atoms with Gasteiger partial charge in [0.2, 0.25) is 0 Å². The molecular weight excluding hydrogens is 302 g/mol. The van der Waals surface area contributed by atoms with Crippen LogP contribution in [0.4, 0.5) is 0 Å². The third-order valence-corrected chi connectivity index (χ3v) is 4.09. The number of rotatable bonds is 3. The molecule has 0 amide bonds. The smallest absolute Gasteiger partial charge is 0.120 e. The van der Waals surface area contributed by atoms with E-state index < -0.39 is 0 Å². The van der Waals surface area contributed by atoms with Gasteiger partial charge < -0.3 is 10.5 Å². The van der Waals surface area contributed by atoms with Gasteiger partial charge in [0.25, 0.3) is 0 Å². The van der Waals surface area contributed by atoms with E-state index >= 15 is 0 Å². The van der Waals surface area contributed by atoms with Crippen molar-refractivity contribution in [3.05, 3.63) is 63.6 Å². The fourth-order valence-electron chi connectivity index (χ4n) is 2.46. The first kappa shape index (κ1) is 12.7. The molecule has 2 aromatic rings. The van der Waals surface area contributed by atoms with Crippen molar-refractivity contribution in [3.63, 3.8) is 0 Å². The fraction of sp³-hybridized carbons (Fsp3) is 0.250. The van der Waals surface area contributed by atoms with E-state index in [1.807, 2.05) is 18.2 Å². The summed E-state index contributed by atoms with van der Waals surface area (Å²) in [5, 5.41) is 0. The largest absolute Gasteiger partial charge is 0.489 e. The van der Waals surface area contributed by atoms with Gasteiger partial charge in [-0.2, -0.15) is 0 Å². The molecule has 1 atom stereocenters. The average molecular weight is 318 g/mol. The molecule has 1 aliphatic rings. The number of ether oxygens (including phenoxy) is 1. The molecule has 19 heavy (non-hydrogen) atoms. The summed E-state index contributed by atoms with van der Waals surface area (Å²) < 4.78 is 6.92. The molecule has 0 saturated heterocycles. The van der Waals surface area contributed by atoms with Crippen LogP contribution in [-0.2, 0) is 13.0 Å². The number of hydrogen-bond donors (Lipinski definition) is 1. The standard InChI is InChI=1S/C16H16BrNO/c17-13-4-1-11(2-5-13)10-19-14-6-7-15-12(9-14)3-8-16(15)18/h1-2,4-7,9,16H,3,8,10,18H2/t16-/m0/s1. The van der Waals surface area contributed by atoms with Gasteiger partial charge in [0, 0.05) is 10.5 Å². The minimum Gasteiger partial charge on any atom is -0.489 e. The number of benzene rings is 2. The molecule has 0 fully saturated rings. The van der Waals surface area contributed by atoms with Crippen LogP contribution in [0.3, 0.4) is 0 Å². The highest BCUT2D eigenvalue weighted by atomic mass is 79.9. The maximum Gasteiger partial charge on any atom is 0.120 e. The Balaban J connectivity index is 1.69. The summed E-state index contributed by atoms with van der Waals surface area (Å²) in [5.74, 6) is 0.927. The van der Waals surface area contributed by atoms with Crippen LogP contribution in [-0.4, -0.2) is 0 Å². The normalized spacial score (nSPS) is 17.3. The Hall–Kier alpha value is -1.32. The van der Waals surface area contributed by atoms with E-state index in [1.54, 1.807) is 0 Å². The van der Waals surface area contributed by atoms with Crippen molar-refractivity contribution in [2.75, 3.05) is 0 Å². The van der Waals surface area contributed by atoms with E-state index in [0.717, 1.165) is 23.1 Å². The lowest BCUT2D eigenvalue weighted by Gasteiger charge is -2.09. The zero-order chi connectivity index (χ0) is 13.2. The van der Waals surface area contributed by atoms with Gasteiger partial charge in [-0.3, -0.25) is 0 Å². The topological polar surface area (TPSA) is 35.2 Å². The monoisotopic (exact) mass is 317 g/mol. The lowest BCUT2D eigenvalue weighted by Crippen LogP contribution is -2.05. The van der Waals surface area contributed by atoms with Crippen LogP contribution in [0, 0.1) is 0 Å². The fourth-order valence-corrected chi connectivity index (χ4v) is 2.73. The maximum atomic E-state index is 6.03. The van der Waals surface area contributed by atoms with Gasteiger partial charge >= 0.3 is 0 Å². The highest BCUT2D eigenvalue weighted by Gasteiger charge is 2.18. The molecule has 0 spiro atoms. The van der Waals surface area contributed by atoms with Gasteiger partial charge in [0.1, 0.15) is 12.4 Å². The second-order valence-electron chi connectivity index (χ2n) is 4.92. The highest BCUT2D eigenvalue weighted by molar-refractivity contribution is 9.10. The Morgan fingerprint density at radius 3 is 2.74 bits per heavy atom. The van der Waals surface area contributed by atoms with Crippen molar-refractivity contribution in [1.29, 1.82) is 0 Å². The van der Waals surface area contributed by atoms with E-state index in [0.29, 0.717) is 6.61 Å². The molecule has 3 heteroatoms. The molecule has 2 aromatic carbocycles. The Morgan fingerprint density at radius 1 is 1.16 bits per heavy atom. The van der Waals surface area contributed by atoms with Gasteiger partial charge in [-0.1, -0.05) is 34.1 Å². The number of halogens is 1. The predicted molar refractivity (Wildman–Crippen MR) is 80.2 cm³/mol. The van der Waals surface area contributed by atoms with Crippen molar-refractivity contribution >= 4 is 15.9 Å². The maximum absolute atomic E-state index is 6.03. The van der Waals surface area contributed by atoms with Gasteiger partial charge in [0.15, 0.2) is 0 Å². The first-order valence-corrected chi connectivity index (χ1v) is 7.27. The summed E-state index contributed by atoms with van der Waals surface area (Å²) in [4.78, 5) is 0. The van der Waals surface area contributed by atoms with E-state index in [-0.39, 0.29) is 6.04 Å². The van der Waals surface area contributed by atoms with Gasteiger partial charge in [-0.15, -0.1) is 0 Å². The lowest BCUT2D eigenvalue weighted by atomic mass is 10.1. The summed E-state index contributed by atoms with van der Waals surface area (Å²) >= 11 is 3.43. The SMILES string of the molecule is N[C@H]1CCc2cc(OCc3ccc(Br)cc3)ccc21. The van der Waals surface area contributed by atoms with Crippen molar-refractivity contribution < 1.29 is 4.74 Å². The zero-order valence-corrected chi connectivity index (χ0v) is 12.2. The summed E-state index contributed by atoms with van der Waals surface area (Å²) in [6, 6.07) is 14.6. The number of hydrogen-bond acceptors (Lipinski definition) is 2. The van der Waals surface area contributed by atoms with Crippen LogP contribution < -0.4 is 10.5 Å². The third-order valence-electron chi connectivity index (χ3n) is 3.56. The van der Waals surface area contributed by atoms with Crippen molar-refractivity contribution in [3.8, 4) is 5.75 Å². The predicted octanol–water partition coefficient (Wildman–Crippen LogP) is 3.97. The second kappa shape index (κ2) is 5.35. The van der Waals surface area contributed by atoms with E-state index in [9.17, 15) is 0 Å². The average Bonchev–Trinajstić information content (AvgIpc) is 2.79. The van der Waals surface area contributed by atoms with E-state index in [1.165, 1.54) is 16.7 Å². The van der Waals surface area contributed by atoms with Crippen LogP contribution in [0.1, 0.15) is 29.2 Å². The van der Waals surface area contributed by atoms with Crippen molar-refractivity contribution in [1.82, 2.24) is 0 Å².